The van der Waals surface area contributed by atoms with E-state index in [1.807, 2.05) is 6.92 Å². The van der Waals surface area contributed by atoms with E-state index in [9.17, 15) is 10.0 Å². The lowest BCUT2D eigenvalue weighted by atomic mass is 9.74. The Hall–Kier alpha value is -1.04. The van der Waals surface area contributed by atoms with Gasteiger partial charge in [-0.1, -0.05) is 11.6 Å². The molecule has 0 bridgehead atoms. The van der Waals surface area contributed by atoms with E-state index < -0.39 is 7.12 Å². The first kappa shape index (κ1) is 12.0. The van der Waals surface area contributed by atoms with Crippen molar-refractivity contribution >= 4 is 12.6 Å². The Bertz CT molecular complexity index is 338. The van der Waals surface area contributed by atoms with Crippen LogP contribution in [0.5, 0.6) is 5.75 Å². The Morgan fingerprint density at radius 3 is 2.47 bits per heavy atom. The summed E-state index contributed by atoms with van der Waals surface area (Å²) in [4.78, 5) is 0. The molecule has 0 amide bonds. The van der Waals surface area contributed by atoms with Crippen molar-refractivity contribution in [3.05, 3.63) is 23.3 Å². The van der Waals surface area contributed by atoms with Gasteiger partial charge in [-0.2, -0.15) is 0 Å². The molecule has 1 aromatic rings. The highest BCUT2D eigenvalue weighted by molar-refractivity contribution is 6.59. The molecule has 0 fully saturated rings. The van der Waals surface area contributed by atoms with Crippen LogP contribution in [-0.4, -0.2) is 31.1 Å². The molecule has 1 aromatic carbocycles. The van der Waals surface area contributed by atoms with E-state index in [0.29, 0.717) is 11.2 Å². The number of rotatable bonds is 4. The van der Waals surface area contributed by atoms with E-state index in [2.05, 4.69) is 0 Å². The Labute approximate surface area is 89.6 Å². The number of methoxy groups -OCH3 is 1. The van der Waals surface area contributed by atoms with E-state index in [4.69, 9.17) is 9.47 Å². The minimum absolute atomic E-state index is 0.144. The molecule has 82 valence electrons. The molecule has 0 unspecified atom stereocenters. The lowest BCUT2D eigenvalue weighted by Gasteiger charge is -2.14. The van der Waals surface area contributed by atoms with Crippen molar-refractivity contribution in [2.24, 2.45) is 0 Å². The van der Waals surface area contributed by atoms with Gasteiger partial charge >= 0.3 is 7.12 Å². The van der Waals surface area contributed by atoms with E-state index >= 15 is 0 Å². The van der Waals surface area contributed by atoms with Gasteiger partial charge in [0.2, 0.25) is 0 Å². The third kappa shape index (κ3) is 2.71. The zero-order valence-corrected chi connectivity index (χ0v) is 9.15. The van der Waals surface area contributed by atoms with Crippen molar-refractivity contribution in [2.45, 2.75) is 13.8 Å². The molecule has 5 heteroatoms. The zero-order valence-electron chi connectivity index (χ0n) is 9.15. The van der Waals surface area contributed by atoms with Crippen LogP contribution in [0, 0.1) is 13.8 Å². The number of hydrogen-bond acceptors (Lipinski definition) is 4. The first-order valence-electron chi connectivity index (χ1n) is 4.66. The second-order valence-corrected chi connectivity index (χ2v) is 3.34. The number of benzene rings is 1. The third-order valence-electron chi connectivity index (χ3n) is 2.27. The Kier molecular flexibility index (Phi) is 4.14. The molecule has 15 heavy (non-hydrogen) atoms. The summed E-state index contributed by atoms with van der Waals surface area (Å²) >= 11 is 0. The molecule has 0 aromatic heterocycles. The largest absolute Gasteiger partial charge is 0.489 e. The first-order chi connectivity index (χ1) is 7.07. The van der Waals surface area contributed by atoms with E-state index in [1.54, 1.807) is 19.1 Å². The van der Waals surface area contributed by atoms with Crippen molar-refractivity contribution in [1.29, 1.82) is 0 Å². The van der Waals surface area contributed by atoms with Crippen LogP contribution in [0.2, 0.25) is 0 Å². The highest BCUT2D eigenvalue weighted by Gasteiger charge is 2.19. The second-order valence-electron chi connectivity index (χ2n) is 3.34. The number of hydrogen-bond donors (Lipinski definition) is 2. The van der Waals surface area contributed by atoms with Crippen molar-refractivity contribution < 1.29 is 19.5 Å². The van der Waals surface area contributed by atoms with Gasteiger partial charge in [-0.3, -0.25) is 0 Å². The molecule has 0 atom stereocenters. The summed E-state index contributed by atoms with van der Waals surface area (Å²) in [6, 6.07) is 3.57. The molecule has 0 radical (unpaired) electrons. The lowest BCUT2D eigenvalue weighted by Crippen LogP contribution is -2.34. The van der Waals surface area contributed by atoms with Crippen molar-refractivity contribution in [3.63, 3.8) is 0 Å². The van der Waals surface area contributed by atoms with Crippen LogP contribution in [0.4, 0.5) is 0 Å². The van der Waals surface area contributed by atoms with E-state index in [0.717, 1.165) is 11.1 Å². The number of ether oxygens (including phenoxy) is 2. The molecular weight excluding hydrogens is 195 g/mol. The van der Waals surface area contributed by atoms with Gasteiger partial charge in [0.25, 0.3) is 0 Å². The predicted molar refractivity (Wildman–Crippen MR) is 58.2 cm³/mol. The fraction of sp³-hybridized carbons (Fsp3) is 0.400. The van der Waals surface area contributed by atoms with Gasteiger partial charge in [-0.05, 0) is 30.9 Å². The topological polar surface area (TPSA) is 58.9 Å². The molecule has 0 aliphatic carbocycles. The van der Waals surface area contributed by atoms with Crippen LogP contribution >= 0.6 is 0 Å². The Morgan fingerprint density at radius 1 is 1.27 bits per heavy atom. The SMILES string of the molecule is COCOc1ccc(C)c(B(O)O)c1C. The van der Waals surface area contributed by atoms with Gasteiger partial charge in [0.15, 0.2) is 6.79 Å². The Morgan fingerprint density at radius 2 is 1.93 bits per heavy atom. The smallest absolute Gasteiger partial charge is 0.467 e. The van der Waals surface area contributed by atoms with Crippen LogP contribution in [-0.2, 0) is 4.74 Å². The third-order valence-corrected chi connectivity index (χ3v) is 2.27. The average molecular weight is 210 g/mol. The minimum Gasteiger partial charge on any atom is -0.467 e. The van der Waals surface area contributed by atoms with Gasteiger partial charge in [0, 0.05) is 7.11 Å². The van der Waals surface area contributed by atoms with Crippen molar-refractivity contribution in [1.82, 2.24) is 0 Å². The van der Waals surface area contributed by atoms with Crippen LogP contribution in [0.1, 0.15) is 11.1 Å². The average Bonchev–Trinajstić information content (AvgIpc) is 2.16. The summed E-state index contributed by atoms with van der Waals surface area (Å²) in [5.41, 5.74) is 2.04. The van der Waals surface area contributed by atoms with Gasteiger partial charge in [0.05, 0.1) is 0 Å². The maximum Gasteiger partial charge on any atom is 0.489 e. The molecular formula is C10H15BO4. The maximum absolute atomic E-state index is 9.20. The van der Waals surface area contributed by atoms with E-state index in [1.165, 1.54) is 7.11 Å². The molecule has 0 saturated heterocycles. The summed E-state index contributed by atoms with van der Waals surface area (Å²) in [6.07, 6.45) is 0. The standard InChI is InChI=1S/C10H15BO4/c1-7-4-5-9(15-6-14-3)8(2)10(7)11(12)13/h4-5,12-13H,6H2,1-3H3. The fourth-order valence-corrected chi connectivity index (χ4v) is 1.52. The zero-order chi connectivity index (χ0) is 11.4. The molecule has 0 saturated carbocycles. The molecule has 0 aliphatic heterocycles. The fourth-order valence-electron chi connectivity index (χ4n) is 1.52. The summed E-state index contributed by atoms with van der Waals surface area (Å²) in [5.74, 6) is 0.602. The monoisotopic (exact) mass is 210 g/mol. The van der Waals surface area contributed by atoms with Crippen molar-refractivity contribution in [2.75, 3.05) is 13.9 Å². The summed E-state index contributed by atoms with van der Waals surface area (Å²) < 4.78 is 10.1. The van der Waals surface area contributed by atoms with E-state index in [-0.39, 0.29) is 6.79 Å². The number of aryl methyl sites for hydroxylation is 1. The van der Waals surface area contributed by atoms with Crippen LogP contribution in [0.15, 0.2) is 12.1 Å². The van der Waals surface area contributed by atoms with Crippen LogP contribution in [0.25, 0.3) is 0 Å². The molecule has 4 nitrogen and oxygen atoms in total. The molecule has 1 rings (SSSR count). The molecule has 0 heterocycles. The quantitative estimate of drug-likeness (QED) is 0.541. The highest BCUT2D eigenvalue weighted by Crippen LogP contribution is 2.17. The lowest BCUT2D eigenvalue weighted by molar-refractivity contribution is 0.0507. The second kappa shape index (κ2) is 5.16. The van der Waals surface area contributed by atoms with Gasteiger partial charge in [-0.25, -0.2) is 0 Å². The molecule has 0 spiro atoms. The summed E-state index contributed by atoms with van der Waals surface area (Å²) in [7, 11) is 0.0572. The van der Waals surface area contributed by atoms with Crippen molar-refractivity contribution in [3.8, 4) is 5.75 Å². The Balaban J connectivity index is 3.05. The minimum atomic E-state index is -1.48. The normalized spacial score (nSPS) is 10.2. The van der Waals surface area contributed by atoms with Gasteiger partial charge < -0.3 is 19.5 Å². The molecule has 2 N–H and O–H groups in total. The molecule has 0 aliphatic rings. The van der Waals surface area contributed by atoms with Gasteiger partial charge in [-0.15, -0.1) is 0 Å². The maximum atomic E-state index is 9.20. The first-order valence-corrected chi connectivity index (χ1v) is 4.66. The van der Waals surface area contributed by atoms with Crippen LogP contribution < -0.4 is 10.2 Å². The van der Waals surface area contributed by atoms with Crippen LogP contribution in [0.3, 0.4) is 0 Å². The predicted octanol–water partition coefficient (Wildman–Crippen LogP) is -0.0341. The highest BCUT2D eigenvalue weighted by atomic mass is 16.7. The van der Waals surface area contributed by atoms with Gasteiger partial charge in [0.1, 0.15) is 5.75 Å². The summed E-state index contributed by atoms with van der Waals surface area (Å²) in [5, 5.41) is 18.4. The summed E-state index contributed by atoms with van der Waals surface area (Å²) in [6.45, 7) is 3.75.